The van der Waals surface area contributed by atoms with Gasteiger partial charge in [0.25, 0.3) is 0 Å². The number of hydrogen-bond donors (Lipinski definition) is 2. The second kappa shape index (κ2) is 6.82. The number of carbonyl (C=O) groups excluding carboxylic acids is 1. The molecule has 1 aromatic carbocycles. The van der Waals surface area contributed by atoms with E-state index in [1.165, 1.54) is 11.3 Å². The average Bonchev–Trinajstić information content (AvgIpc) is 3.10. The first-order chi connectivity index (χ1) is 11.0. The van der Waals surface area contributed by atoms with Gasteiger partial charge in [-0.25, -0.2) is 9.78 Å². The number of ether oxygens (including phenoxy) is 2. The van der Waals surface area contributed by atoms with Crippen molar-refractivity contribution in [3.05, 3.63) is 24.3 Å². The van der Waals surface area contributed by atoms with Crippen LogP contribution in [0, 0.1) is 5.92 Å². The molecule has 1 aromatic heterocycles. The van der Waals surface area contributed by atoms with Crippen molar-refractivity contribution in [2.45, 2.75) is 26.1 Å². The van der Waals surface area contributed by atoms with Crippen molar-refractivity contribution < 1.29 is 14.3 Å². The molecule has 3 rings (SSSR count). The van der Waals surface area contributed by atoms with E-state index in [4.69, 9.17) is 9.47 Å². The summed E-state index contributed by atoms with van der Waals surface area (Å²) in [4.78, 5) is 16.4. The molecule has 7 heteroatoms. The van der Waals surface area contributed by atoms with Gasteiger partial charge in [0.2, 0.25) is 0 Å². The molecule has 124 valence electrons. The van der Waals surface area contributed by atoms with Crippen LogP contribution < -0.4 is 10.6 Å². The second-order valence-electron chi connectivity index (χ2n) is 5.96. The fourth-order valence-corrected chi connectivity index (χ4v) is 3.57. The smallest absolute Gasteiger partial charge is 0.321 e. The van der Waals surface area contributed by atoms with Gasteiger partial charge < -0.3 is 14.8 Å². The van der Waals surface area contributed by atoms with E-state index < -0.39 is 5.79 Å². The van der Waals surface area contributed by atoms with E-state index in [9.17, 15) is 4.79 Å². The summed E-state index contributed by atoms with van der Waals surface area (Å²) in [6.07, 6.45) is 0.744. The molecule has 0 bridgehead atoms. The molecule has 0 radical (unpaired) electrons. The number of thiazole rings is 1. The first-order valence-electron chi connectivity index (χ1n) is 7.72. The summed E-state index contributed by atoms with van der Waals surface area (Å²) in [5.74, 6) is -0.274. The molecule has 6 nitrogen and oxygen atoms in total. The lowest BCUT2D eigenvalue weighted by atomic mass is 10.0. The van der Waals surface area contributed by atoms with Crippen molar-refractivity contribution in [3.8, 4) is 0 Å². The Kier molecular flexibility index (Phi) is 4.79. The summed E-state index contributed by atoms with van der Waals surface area (Å²) in [5.41, 5.74) is 0.893. The Morgan fingerprint density at radius 1 is 1.39 bits per heavy atom. The third kappa shape index (κ3) is 4.19. The highest BCUT2D eigenvalue weighted by molar-refractivity contribution is 7.22. The number of para-hydroxylation sites is 1. The van der Waals surface area contributed by atoms with Gasteiger partial charge in [0.1, 0.15) is 0 Å². The lowest BCUT2D eigenvalue weighted by Gasteiger charge is -2.25. The quantitative estimate of drug-likeness (QED) is 0.880. The van der Waals surface area contributed by atoms with E-state index in [-0.39, 0.29) is 11.9 Å². The molecule has 1 atom stereocenters. The summed E-state index contributed by atoms with van der Waals surface area (Å²) in [7, 11) is 0. The summed E-state index contributed by atoms with van der Waals surface area (Å²) >= 11 is 1.46. The van der Waals surface area contributed by atoms with Gasteiger partial charge in [-0.1, -0.05) is 30.4 Å². The SMILES string of the molecule is C[C@@H](CNC(=O)Nc1nc2ccccc2s1)CC1(C)OCCO1. The molecule has 0 aliphatic carbocycles. The Balaban J connectivity index is 1.47. The highest BCUT2D eigenvalue weighted by atomic mass is 32.1. The van der Waals surface area contributed by atoms with Crippen molar-refractivity contribution in [1.82, 2.24) is 10.3 Å². The average molecular weight is 335 g/mol. The molecular formula is C16H21N3O3S. The number of anilines is 1. The molecule has 0 saturated carbocycles. The molecule has 1 aliphatic heterocycles. The Morgan fingerprint density at radius 2 is 2.13 bits per heavy atom. The topological polar surface area (TPSA) is 72.5 Å². The van der Waals surface area contributed by atoms with Gasteiger partial charge in [0, 0.05) is 13.0 Å². The highest BCUT2D eigenvalue weighted by Crippen LogP contribution is 2.27. The van der Waals surface area contributed by atoms with Crippen LogP contribution in [0.4, 0.5) is 9.93 Å². The molecule has 1 aliphatic rings. The third-order valence-corrected chi connectivity index (χ3v) is 4.69. The van der Waals surface area contributed by atoms with Crippen molar-refractivity contribution in [1.29, 1.82) is 0 Å². The maximum atomic E-state index is 12.0. The minimum Gasteiger partial charge on any atom is -0.348 e. The van der Waals surface area contributed by atoms with E-state index in [0.717, 1.165) is 16.6 Å². The van der Waals surface area contributed by atoms with Gasteiger partial charge in [0.15, 0.2) is 10.9 Å². The molecular weight excluding hydrogens is 314 g/mol. The van der Waals surface area contributed by atoms with Crippen LogP contribution in [0.3, 0.4) is 0 Å². The number of urea groups is 1. The zero-order valence-electron chi connectivity index (χ0n) is 13.3. The summed E-state index contributed by atoms with van der Waals surface area (Å²) in [5, 5.41) is 6.26. The van der Waals surface area contributed by atoms with Crippen LogP contribution in [-0.4, -0.2) is 36.6 Å². The summed E-state index contributed by atoms with van der Waals surface area (Å²) in [6.45, 7) is 5.83. The molecule has 1 fully saturated rings. The summed E-state index contributed by atoms with van der Waals surface area (Å²) < 4.78 is 12.2. The Morgan fingerprint density at radius 3 is 2.87 bits per heavy atom. The van der Waals surface area contributed by atoms with Crippen LogP contribution >= 0.6 is 11.3 Å². The van der Waals surface area contributed by atoms with Crippen LogP contribution in [0.2, 0.25) is 0 Å². The number of carbonyl (C=O) groups is 1. The largest absolute Gasteiger partial charge is 0.348 e. The van der Waals surface area contributed by atoms with E-state index in [2.05, 4.69) is 22.5 Å². The molecule has 2 heterocycles. The molecule has 0 unspecified atom stereocenters. The maximum Gasteiger partial charge on any atom is 0.321 e. The highest BCUT2D eigenvalue weighted by Gasteiger charge is 2.32. The fourth-order valence-electron chi connectivity index (χ4n) is 2.71. The van der Waals surface area contributed by atoms with Crippen LogP contribution in [0.25, 0.3) is 10.2 Å². The number of fused-ring (bicyclic) bond motifs is 1. The van der Waals surface area contributed by atoms with Gasteiger partial charge in [-0.3, -0.25) is 5.32 Å². The predicted molar refractivity (Wildman–Crippen MR) is 90.7 cm³/mol. The monoisotopic (exact) mass is 335 g/mol. The molecule has 2 aromatic rings. The van der Waals surface area contributed by atoms with Crippen LogP contribution in [0.1, 0.15) is 20.3 Å². The minimum atomic E-state index is -0.523. The van der Waals surface area contributed by atoms with Gasteiger partial charge in [0.05, 0.1) is 23.4 Å². The Hall–Kier alpha value is -1.70. The lowest BCUT2D eigenvalue weighted by Crippen LogP contribution is -2.36. The zero-order valence-corrected chi connectivity index (χ0v) is 14.1. The van der Waals surface area contributed by atoms with E-state index in [1.807, 2.05) is 31.2 Å². The van der Waals surface area contributed by atoms with Crippen LogP contribution in [-0.2, 0) is 9.47 Å². The van der Waals surface area contributed by atoms with Gasteiger partial charge >= 0.3 is 6.03 Å². The number of nitrogens with one attached hydrogen (secondary N) is 2. The van der Waals surface area contributed by atoms with Crippen molar-refractivity contribution in [3.63, 3.8) is 0 Å². The number of benzene rings is 1. The predicted octanol–water partition coefficient (Wildman–Crippen LogP) is 3.21. The lowest BCUT2D eigenvalue weighted by molar-refractivity contribution is -0.153. The first kappa shape index (κ1) is 16.2. The molecule has 1 saturated heterocycles. The zero-order chi connectivity index (χ0) is 16.3. The number of amides is 2. The molecule has 2 amide bonds. The molecule has 2 N–H and O–H groups in total. The van der Waals surface area contributed by atoms with E-state index >= 15 is 0 Å². The van der Waals surface area contributed by atoms with Crippen LogP contribution in [0.5, 0.6) is 0 Å². The fraction of sp³-hybridized carbons (Fsp3) is 0.500. The standard InChI is InChI=1S/C16H21N3O3S/c1-11(9-16(2)21-7-8-22-16)10-17-14(20)19-15-18-12-5-3-4-6-13(12)23-15/h3-6,11H,7-10H2,1-2H3,(H2,17,18,19,20)/t11-/m1/s1. The normalized spacial score (nSPS) is 18.0. The minimum absolute atomic E-state index is 0.241. The number of aromatic nitrogens is 1. The molecule has 23 heavy (non-hydrogen) atoms. The Labute approximate surface area is 139 Å². The second-order valence-corrected chi connectivity index (χ2v) is 6.99. The van der Waals surface area contributed by atoms with Gasteiger partial charge in [-0.05, 0) is 25.0 Å². The van der Waals surface area contributed by atoms with Crippen molar-refractivity contribution >= 4 is 32.7 Å². The van der Waals surface area contributed by atoms with Crippen LogP contribution in [0.15, 0.2) is 24.3 Å². The number of hydrogen-bond acceptors (Lipinski definition) is 5. The first-order valence-corrected chi connectivity index (χ1v) is 8.54. The van der Waals surface area contributed by atoms with Gasteiger partial charge in [-0.15, -0.1) is 0 Å². The third-order valence-electron chi connectivity index (χ3n) is 3.74. The van der Waals surface area contributed by atoms with Gasteiger partial charge in [-0.2, -0.15) is 0 Å². The number of rotatable bonds is 5. The van der Waals surface area contributed by atoms with Crippen molar-refractivity contribution in [2.24, 2.45) is 5.92 Å². The molecule has 0 spiro atoms. The Bertz CT molecular complexity index is 649. The van der Waals surface area contributed by atoms with E-state index in [0.29, 0.717) is 24.9 Å². The maximum absolute atomic E-state index is 12.0. The van der Waals surface area contributed by atoms with Crippen molar-refractivity contribution in [2.75, 3.05) is 25.1 Å². The number of nitrogens with zero attached hydrogens (tertiary/aromatic N) is 1. The van der Waals surface area contributed by atoms with E-state index in [1.54, 1.807) is 0 Å². The summed E-state index contributed by atoms with van der Waals surface area (Å²) in [6, 6.07) is 7.57.